The van der Waals surface area contributed by atoms with E-state index in [1.54, 1.807) is 57.0 Å². The third-order valence-corrected chi connectivity index (χ3v) is 3.44. The Morgan fingerprint density at radius 1 is 1.28 bits per heavy atom. The standard InChI is InChI=1S/C17H23N5O3/c1-11(14-18-20-21-19-14)10-22(5)15(23)12-7-6-8-13(9-12)16(24)25-17(2,3)4/h6-9,11H,10H2,1-5H3,(H,18,19,20,21)/t11-/m0/s1. The molecular weight excluding hydrogens is 322 g/mol. The Balaban J connectivity index is 2.08. The Labute approximate surface area is 146 Å². The zero-order chi connectivity index (χ0) is 18.6. The number of hydrogen-bond donors (Lipinski definition) is 1. The molecule has 1 atom stereocenters. The highest BCUT2D eigenvalue weighted by molar-refractivity contribution is 5.97. The van der Waals surface area contributed by atoms with Crippen LogP contribution in [0.3, 0.4) is 0 Å². The molecule has 0 bridgehead atoms. The fourth-order valence-electron chi connectivity index (χ4n) is 2.29. The van der Waals surface area contributed by atoms with Crippen molar-refractivity contribution in [3.63, 3.8) is 0 Å². The first-order chi connectivity index (χ1) is 11.7. The lowest BCUT2D eigenvalue weighted by atomic mass is 10.1. The van der Waals surface area contributed by atoms with E-state index in [0.29, 0.717) is 23.5 Å². The summed E-state index contributed by atoms with van der Waals surface area (Å²) >= 11 is 0. The maximum absolute atomic E-state index is 12.6. The van der Waals surface area contributed by atoms with Gasteiger partial charge in [0.05, 0.1) is 5.56 Å². The van der Waals surface area contributed by atoms with Crippen molar-refractivity contribution in [2.75, 3.05) is 13.6 Å². The molecule has 0 unspecified atom stereocenters. The predicted octanol–water partition coefficient (Wildman–Crippen LogP) is 2.03. The van der Waals surface area contributed by atoms with Crippen molar-refractivity contribution in [3.05, 3.63) is 41.2 Å². The maximum Gasteiger partial charge on any atom is 0.338 e. The van der Waals surface area contributed by atoms with E-state index in [0.717, 1.165) is 0 Å². The van der Waals surface area contributed by atoms with Gasteiger partial charge in [0.2, 0.25) is 0 Å². The van der Waals surface area contributed by atoms with E-state index in [1.807, 2.05) is 6.92 Å². The molecule has 134 valence electrons. The number of tetrazole rings is 1. The lowest BCUT2D eigenvalue weighted by molar-refractivity contribution is 0.00695. The number of esters is 1. The Kier molecular flexibility index (Phi) is 5.51. The van der Waals surface area contributed by atoms with Gasteiger partial charge in [-0.15, -0.1) is 10.2 Å². The molecular formula is C17H23N5O3. The van der Waals surface area contributed by atoms with Crippen LogP contribution in [0.4, 0.5) is 0 Å². The summed E-state index contributed by atoms with van der Waals surface area (Å²) in [5, 5.41) is 13.8. The largest absolute Gasteiger partial charge is 0.456 e. The number of aromatic nitrogens is 4. The van der Waals surface area contributed by atoms with Gasteiger partial charge in [0, 0.05) is 25.1 Å². The zero-order valence-electron chi connectivity index (χ0n) is 15.1. The van der Waals surface area contributed by atoms with E-state index >= 15 is 0 Å². The molecule has 1 heterocycles. The van der Waals surface area contributed by atoms with Crippen LogP contribution in [0.1, 0.15) is 60.2 Å². The van der Waals surface area contributed by atoms with Crippen molar-refractivity contribution >= 4 is 11.9 Å². The monoisotopic (exact) mass is 345 g/mol. The molecule has 0 aliphatic heterocycles. The SMILES string of the molecule is C[C@@H](CN(C)C(=O)c1cccc(C(=O)OC(C)(C)C)c1)c1nn[nH]n1. The summed E-state index contributed by atoms with van der Waals surface area (Å²) in [4.78, 5) is 26.3. The molecule has 25 heavy (non-hydrogen) atoms. The van der Waals surface area contributed by atoms with Crippen LogP contribution >= 0.6 is 0 Å². The molecule has 2 rings (SSSR count). The van der Waals surface area contributed by atoms with Gasteiger partial charge in [-0.1, -0.05) is 18.2 Å². The third-order valence-electron chi connectivity index (χ3n) is 3.44. The second-order valence-electron chi connectivity index (χ2n) is 6.94. The lowest BCUT2D eigenvalue weighted by Crippen LogP contribution is -2.31. The highest BCUT2D eigenvalue weighted by atomic mass is 16.6. The second-order valence-corrected chi connectivity index (χ2v) is 6.94. The van der Waals surface area contributed by atoms with Crippen LogP contribution in [0.2, 0.25) is 0 Å². The second kappa shape index (κ2) is 7.42. The number of aromatic amines is 1. The topological polar surface area (TPSA) is 101 Å². The molecule has 0 saturated carbocycles. The summed E-state index contributed by atoms with van der Waals surface area (Å²) in [7, 11) is 1.69. The summed E-state index contributed by atoms with van der Waals surface area (Å²) in [5.74, 6) is -0.172. The lowest BCUT2D eigenvalue weighted by Gasteiger charge is -2.21. The van der Waals surface area contributed by atoms with Crippen molar-refractivity contribution in [3.8, 4) is 0 Å². The normalized spacial score (nSPS) is 12.5. The van der Waals surface area contributed by atoms with Gasteiger partial charge in [-0.25, -0.2) is 4.79 Å². The number of carbonyl (C=O) groups excluding carboxylic acids is 2. The Morgan fingerprint density at radius 2 is 1.96 bits per heavy atom. The first-order valence-electron chi connectivity index (χ1n) is 7.99. The molecule has 1 aromatic carbocycles. The van der Waals surface area contributed by atoms with E-state index in [1.165, 1.54) is 0 Å². The van der Waals surface area contributed by atoms with E-state index in [-0.39, 0.29) is 11.8 Å². The fraction of sp³-hybridized carbons (Fsp3) is 0.471. The van der Waals surface area contributed by atoms with Gasteiger partial charge in [0.15, 0.2) is 5.82 Å². The first kappa shape index (κ1) is 18.6. The van der Waals surface area contributed by atoms with Crippen LogP contribution in [0.25, 0.3) is 0 Å². The van der Waals surface area contributed by atoms with Gasteiger partial charge in [-0.05, 0) is 39.0 Å². The minimum Gasteiger partial charge on any atom is -0.456 e. The third kappa shape index (κ3) is 5.10. The average molecular weight is 345 g/mol. The van der Waals surface area contributed by atoms with E-state index < -0.39 is 11.6 Å². The molecule has 0 aliphatic rings. The Bertz CT molecular complexity index is 737. The number of hydrogen-bond acceptors (Lipinski definition) is 6. The van der Waals surface area contributed by atoms with Gasteiger partial charge in [-0.3, -0.25) is 4.79 Å². The van der Waals surface area contributed by atoms with Gasteiger partial charge in [0.1, 0.15) is 5.60 Å². The van der Waals surface area contributed by atoms with Crippen LogP contribution < -0.4 is 0 Å². The number of ether oxygens (including phenoxy) is 1. The van der Waals surface area contributed by atoms with E-state index in [4.69, 9.17) is 4.74 Å². The molecule has 0 fully saturated rings. The molecule has 8 heteroatoms. The van der Waals surface area contributed by atoms with Crippen molar-refractivity contribution < 1.29 is 14.3 Å². The fourth-order valence-corrected chi connectivity index (χ4v) is 2.29. The molecule has 1 aromatic heterocycles. The smallest absolute Gasteiger partial charge is 0.338 e. The number of likely N-dealkylation sites (N-methyl/N-ethyl adjacent to an activating group) is 1. The molecule has 0 saturated heterocycles. The van der Waals surface area contributed by atoms with Gasteiger partial charge in [-0.2, -0.15) is 5.21 Å². The number of carbonyl (C=O) groups is 2. The quantitative estimate of drug-likeness (QED) is 0.832. The number of amides is 1. The van der Waals surface area contributed by atoms with Crippen LogP contribution in [0.5, 0.6) is 0 Å². The number of benzene rings is 1. The minimum absolute atomic E-state index is 0.0678. The molecule has 0 radical (unpaired) electrons. The highest BCUT2D eigenvalue weighted by Crippen LogP contribution is 2.16. The zero-order valence-corrected chi connectivity index (χ0v) is 15.1. The van der Waals surface area contributed by atoms with Crippen LogP contribution in [-0.2, 0) is 4.74 Å². The van der Waals surface area contributed by atoms with Gasteiger partial charge in [0.25, 0.3) is 5.91 Å². The van der Waals surface area contributed by atoms with Gasteiger partial charge < -0.3 is 9.64 Å². The van der Waals surface area contributed by atoms with Crippen molar-refractivity contribution in [1.29, 1.82) is 0 Å². The van der Waals surface area contributed by atoms with Crippen molar-refractivity contribution in [1.82, 2.24) is 25.5 Å². The number of nitrogens with zero attached hydrogens (tertiary/aromatic N) is 4. The molecule has 2 aromatic rings. The number of rotatable bonds is 5. The summed E-state index contributed by atoms with van der Waals surface area (Å²) in [6.07, 6.45) is 0. The number of nitrogens with one attached hydrogen (secondary N) is 1. The van der Waals surface area contributed by atoms with Crippen molar-refractivity contribution in [2.45, 2.75) is 39.2 Å². The van der Waals surface area contributed by atoms with Gasteiger partial charge >= 0.3 is 5.97 Å². The van der Waals surface area contributed by atoms with E-state index in [9.17, 15) is 9.59 Å². The summed E-state index contributed by atoms with van der Waals surface area (Å²) in [6, 6.07) is 6.52. The maximum atomic E-state index is 12.6. The molecule has 8 nitrogen and oxygen atoms in total. The molecule has 1 amide bonds. The molecule has 0 spiro atoms. The van der Waals surface area contributed by atoms with E-state index in [2.05, 4.69) is 20.6 Å². The van der Waals surface area contributed by atoms with Crippen molar-refractivity contribution in [2.24, 2.45) is 0 Å². The minimum atomic E-state index is -0.589. The first-order valence-corrected chi connectivity index (χ1v) is 7.99. The summed E-state index contributed by atoms with van der Waals surface area (Å²) in [6.45, 7) is 7.73. The highest BCUT2D eigenvalue weighted by Gasteiger charge is 2.21. The van der Waals surface area contributed by atoms with Crippen LogP contribution in [-0.4, -0.2) is 56.6 Å². The Morgan fingerprint density at radius 3 is 2.56 bits per heavy atom. The van der Waals surface area contributed by atoms with Crippen LogP contribution in [0.15, 0.2) is 24.3 Å². The average Bonchev–Trinajstić information content (AvgIpc) is 3.07. The summed E-state index contributed by atoms with van der Waals surface area (Å²) in [5.41, 5.74) is 0.181. The predicted molar refractivity (Wildman–Crippen MR) is 91.2 cm³/mol. The van der Waals surface area contributed by atoms with Crippen LogP contribution in [0, 0.1) is 0 Å². The molecule has 0 aliphatic carbocycles. The molecule has 1 N–H and O–H groups in total. The summed E-state index contributed by atoms with van der Waals surface area (Å²) < 4.78 is 5.34. The Hall–Kier alpha value is -2.77. The number of H-pyrrole nitrogens is 1.